The molecule has 1 aromatic rings. The van der Waals surface area contributed by atoms with Crippen molar-refractivity contribution < 1.29 is 17.9 Å². The summed E-state index contributed by atoms with van der Waals surface area (Å²) in [6, 6.07) is 6.73. The lowest BCUT2D eigenvalue weighted by molar-refractivity contribution is -0.122. The van der Waals surface area contributed by atoms with E-state index in [1.165, 1.54) is 23.6 Å². The Balaban J connectivity index is 1.22. The summed E-state index contributed by atoms with van der Waals surface area (Å²) in [5, 5.41) is 3.33. The van der Waals surface area contributed by atoms with Crippen molar-refractivity contribution in [3.05, 3.63) is 35.9 Å². The molecule has 0 aromatic heterocycles. The number of ether oxygens (including phenoxy) is 1. The molecule has 5 fully saturated rings. The van der Waals surface area contributed by atoms with E-state index in [4.69, 9.17) is 4.74 Å². The van der Waals surface area contributed by atoms with Crippen molar-refractivity contribution in [2.75, 3.05) is 26.3 Å². The molecule has 1 aromatic carbocycles. The zero-order valence-electron chi connectivity index (χ0n) is 17.3. The van der Waals surface area contributed by atoms with Gasteiger partial charge in [-0.15, -0.1) is 0 Å². The molecule has 1 amide bonds. The fourth-order valence-electron chi connectivity index (χ4n) is 6.43. The van der Waals surface area contributed by atoms with Gasteiger partial charge in [-0.05, 0) is 80.1 Å². The van der Waals surface area contributed by atoms with Crippen molar-refractivity contribution in [3.8, 4) is 0 Å². The molecule has 0 spiro atoms. The second-order valence-corrected chi connectivity index (χ2v) is 11.5. The van der Waals surface area contributed by atoms with E-state index in [1.54, 1.807) is 36.4 Å². The molecule has 4 saturated carbocycles. The largest absolute Gasteiger partial charge is 0.379 e. The zero-order valence-corrected chi connectivity index (χ0v) is 18.1. The van der Waals surface area contributed by atoms with Gasteiger partial charge < -0.3 is 10.1 Å². The van der Waals surface area contributed by atoms with Crippen molar-refractivity contribution in [2.45, 2.75) is 49.0 Å². The first-order chi connectivity index (χ1) is 14.4. The maximum absolute atomic E-state index is 12.7. The van der Waals surface area contributed by atoms with Gasteiger partial charge in [0.05, 0.1) is 18.1 Å². The molecule has 0 unspecified atom stereocenters. The Labute approximate surface area is 178 Å². The molecule has 30 heavy (non-hydrogen) atoms. The van der Waals surface area contributed by atoms with Gasteiger partial charge in [0.15, 0.2) is 0 Å². The molecule has 5 aliphatic rings. The van der Waals surface area contributed by atoms with Crippen LogP contribution < -0.4 is 5.32 Å². The maximum atomic E-state index is 12.7. The summed E-state index contributed by atoms with van der Waals surface area (Å²) in [4.78, 5) is 12.9. The van der Waals surface area contributed by atoms with E-state index in [1.807, 2.05) is 0 Å². The summed E-state index contributed by atoms with van der Waals surface area (Å²) in [5.74, 6) is 2.34. The minimum absolute atomic E-state index is 0.00622. The Morgan fingerprint density at radius 2 is 1.57 bits per heavy atom. The third-order valence-electron chi connectivity index (χ3n) is 7.34. The molecule has 1 N–H and O–H groups in total. The van der Waals surface area contributed by atoms with Crippen LogP contribution in [0.25, 0.3) is 6.08 Å². The highest BCUT2D eigenvalue weighted by molar-refractivity contribution is 7.89. The number of carbonyl (C=O) groups is 1. The first-order valence-corrected chi connectivity index (χ1v) is 12.5. The van der Waals surface area contributed by atoms with Crippen molar-refractivity contribution >= 4 is 22.0 Å². The van der Waals surface area contributed by atoms with E-state index in [0.29, 0.717) is 26.3 Å². The average Bonchev–Trinajstić information content (AvgIpc) is 2.72. The first-order valence-electron chi connectivity index (χ1n) is 11.1. The third-order valence-corrected chi connectivity index (χ3v) is 9.25. The van der Waals surface area contributed by atoms with Gasteiger partial charge in [-0.1, -0.05) is 12.1 Å². The minimum atomic E-state index is -3.49. The van der Waals surface area contributed by atoms with Crippen LogP contribution in [0.1, 0.15) is 44.1 Å². The van der Waals surface area contributed by atoms with Crippen molar-refractivity contribution in [3.63, 3.8) is 0 Å². The van der Waals surface area contributed by atoms with Gasteiger partial charge in [-0.25, -0.2) is 8.42 Å². The Morgan fingerprint density at radius 3 is 2.13 bits per heavy atom. The van der Waals surface area contributed by atoms with E-state index in [-0.39, 0.29) is 16.3 Å². The summed E-state index contributed by atoms with van der Waals surface area (Å²) in [7, 11) is -3.49. The number of sulfonamides is 1. The van der Waals surface area contributed by atoms with Crippen LogP contribution in [-0.2, 0) is 19.6 Å². The second kappa shape index (κ2) is 7.77. The monoisotopic (exact) mass is 430 g/mol. The summed E-state index contributed by atoms with van der Waals surface area (Å²) >= 11 is 0. The van der Waals surface area contributed by atoms with E-state index in [9.17, 15) is 13.2 Å². The highest BCUT2D eigenvalue weighted by Crippen LogP contribution is 2.55. The van der Waals surface area contributed by atoms with Crippen LogP contribution in [0.2, 0.25) is 0 Å². The number of morpholine rings is 1. The number of hydrogen-bond donors (Lipinski definition) is 1. The third kappa shape index (κ3) is 3.95. The molecule has 4 bridgehead atoms. The fraction of sp³-hybridized carbons (Fsp3) is 0.609. The van der Waals surface area contributed by atoms with Crippen molar-refractivity contribution in [1.82, 2.24) is 9.62 Å². The van der Waals surface area contributed by atoms with Crippen LogP contribution in [0.4, 0.5) is 0 Å². The summed E-state index contributed by atoms with van der Waals surface area (Å²) in [6.07, 6.45) is 10.8. The molecule has 162 valence electrons. The second-order valence-electron chi connectivity index (χ2n) is 9.61. The molecule has 1 heterocycles. The van der Waals surface area contributed by atoms with Crippen LogP contribution in [0.5, 0.6) is 0 Å². The molecule has 7 heteroatoms. The number of rotatable bonds is 5. The fourth-order valence-corrected chi connectivity index (χ4v) is 7.83. The van der Waals surface area contributed by atoms with Crippen molar-refractivity contribution in [1.29, 1.82) is 0 Å². The summed E-state index contributed by atoms with van der Waals surface area (Å²) < 4.78 is 32.1. The highest BCUT2D eigenvalue weighted by atomic mass is 32.2. The van der Waals surface area contributed by atoms with Gasteiger partial charge in [0, 0.05) is 24.7 Å². The molecule has 6 nitrogen and oxygen atoms in total. The topological polar surface area (TPSA) is 75.7 Å². The predicted octanol–water partition coefficient (Wildman–Crippen LogP) is 2.81. The van der Waals surface area contributed by atoms with Crippen LogP contribution >= 0.6 is 0 Å². The number of nitrogens with zero attached hydrogens (tertiary/aromatic N) is 1. The van der Waals surface area contributed by atoms with Crippen LogP contribution in [-0.4, -0.2) is 50.5 Å². The van der Waals surface area contributed by atoms with Crippen LogP contribution in [0, 0.1) is 17.8 Å². The van der Waals surface area contributed by atoms with Gasteiger partial charge >= 0.3 is 0 Å². The van der Waals surface area contributed by atoms with Crippen LogP contribution in [0.15, 0.2) is 35.2 Å². The molecule has 1 saturated heterocycles. The van der Waals surface area contributed by atoms with Gasteiger partial charge in [0.1, 0.15) is 0 Å². The van der Waals surface area contributed by atoms with Gasteiger partial charge in [-0.3, -0.25) is 4.79 Å². The molecular formula is C23H30N2O4S. The Hall–Kier alpha value is -1.70. The van der Waals surface area contributed by atoms with E-state index < -0.39 is 10.0 Å². The maximum Gasteiger partial charge on any atom is 0.244 e. The number of carbonyl (C=O) groups excluding carboxylic acids is 1. The molecular weight excluding hydrogens is 400 g/mol. The number of nitrogens with one attached hydrogen (secondary N) is 1. The Morgan fingerprint density at radius 1 is 1.00 bits per heavy atom. The standard InChI is InChI=1S/C23H30N2O4S/c26-22(24-23-14-18-11-19(15-23)13-20(12-18)16-23)6-3-17-1-4-21(5-2-17)30(27,28)25-7-9-29-10-8-25/h1-6,18-20H,7-16H2,(H,24,26). The van der Waals surface area contributed by atoms with E-state index in [2.05, 4.69) is 5.32 Å². The lowest BCUT2D eigenvalue weighted by Gasteiger charge is -2.56. The first kappa shape index (κ1) is 20.2. The van der Waals surface area contributed by atoms with E-state index in [0.717, 1.165) is 42.6 Å². The minimum Gasteiger partial charge on any atom is -0.379 e. The summed E-state index contributed by atoms with van der Waals surface area (Å²) in [6.45, 7) is 1.63. The van der Waals surface area contributed by atoms with Crippen molar-refractivity contribution in [2.24, 2.45) is 17.8 Å². The van der Waals surface area contributed by atoms with Gasteiger partial charge in [0.2, 0.25) is 15.9 Å². The zero-order chi connectivity index (χ0) is 20.8. The Kier molecular flexibility index (Phi) is 5.24. The number of amides is 1. The molecule has 6 rings (SSSR count). The SMILES string of the molecule is O=C(C=Cc1ccc(S(=O)(=O)N2CCOCC2)cc1)NC12CC3CC(CC(C3)C1)C2. The highest BCUT2D eigenvalue weighted by Gasteiger charge is 2.51. The molecule has 4 aliphatic carbocycles. The molecule has 0 radical (unpaired) electrons. The van der Waals surface area contributed by atoms with Crippen LogP contribution in [0.3, 0.4) is 0 Å². The average molecular weight is 431 g/mol. The lowest BCUT2D eigenvalue weighted by Crippen LogP contribution is -2.59. The smallest absolute Gasteiger partial charge is 0.244 e. The lowest BCUT2D eigenvalue weighted by atomic mass is 9.53. The van der Waals surface area contributed by atoms with Gasteiger partial charge in [0.25, 0.3) is 0 Å². The van der Waals surface area contributed by atoms with E-state index >= 15 is 0 Å². The predicted molar refractivity (Wildman–Crippen MR) is 114 cm³/mol. The number of hydrogen-bond acceptors (Lipinski definition) is 4. The number of benzene rings is 1. The molecule has 1 aliphatic heterocycles. The summed E-state index contributed by atoms with van der Waals surface area (Å²) in [5.41, 5.74) is 0.823. The normalized spacial score (nSPS) is 33.8. The van der Waals surface area contributed by atoms with Gasteiger partial charge in [-0.2, -0.15) is 4.31 Å². The Bertz CT molecular complexity index is 897. The quantitative estimate of drug-likeness (QED) is 0.729. The molecule has 0 atom stereocenters.